The number of carbonyl (C=O) groups is 1. The summed E-state index contributed by atoms with van der Waals surface area (Å²) < 4.78 is 0. The van der Waals surface area contributed by atoms with E-state index in [2.05, 4.69) is 41.8 Å². The van der Waals surface area contributed by atoms with Crippen molar-refractivity contribution in [3.05, 3.63) is 35.4 Å². The highest BCUT2D eigenvalue weighted by molar-refractivity contribution is 7.98. The predicted molar refractivity (Wildman–Crippen MR) is 81.2 cm³/mol. The van der Waals surface area contributed by atoms with E-state index in [1.165, 1.54) is 11.1 Å². The van der Waals surface area contributed by atoms with Gasteiger partial charge in [-0.1, -0.05) is 31.2 Å². The Hall–Kier alpha value is -1.00. The number of rotatable bonds is 5. The molecule has 1 aliphatic rings. The van der Waals surface area contributed by atoms with Gasteiger partial charge in [0.05, 0.1) is 6.04 Å². The van der Waals surface area contributed by atoms with E-state index < -0.39 is 0 Å². The first-order valence-corrected chi connectivity index (χ1v) is 8.07. The molecule has 0 saturated carbocycles. The van der Waals surface area contributed by atoms with Crippen LogP contribution in [-0.2, 0) is 10.5 Å². The van der Waals surface area contributed by atoms with E-state index in [1.54, 1.807) is 0 Å². The second kappa shape index (κ2) is 6.96. The maximum absolute atomic E-state index is 11.9. The first kappa shape index (κ1) is 14.4. The second-order valence-corrected chi connectivity index (χ2v) is 5.98. The van der Waals surface area contributed by atoms with Gasteiger partial charge in [0.15, 0.2) is 0 Å². The number of hydrogen-bond donors (Lipinski definition) is 2. The molecule has 3 nitrogen and oxygen atoms in total. The van der Waals surface area contributed by atoms with Crippen molar-refractivity contribution in [1.29, 1.82) is 0 Å². The summed E-state index contributed by atoms with van der Waals surface area (Å²) in [5.41, 5.74) is 2.73. The van der Waals surface area contributed by atoms with Crippen molar-refractivity contribution >= 4 is 17.7 Å². The van der Waals surface area contributed by atoms with Crippen molar-refractivity contribution in [2.45, 2.75) is 38.1 Å². The minimum Gasteiger partial charge on any atom is -0.355 e. The number of nitrogens with one attached hydrogen (secondary N) is 2. The molecule has 0 saturated heterocycles. The monoisotopic (exact) mass is 278 g/mol. The van der Waals surface area contributed by atoms with Gasteiger partial charge in [0.2, 0.25) is 5.91 Å². The van der Waals surface area contributed by atoms with Crippen LogP contribution >= 0.6 is 11.8 Å². The summed E-state index contributed by atoms with van der Waals surface area (Å²) in [4.78, 5) is 11.9. The number of fused-ring (bicyclic) bond motifs is 1. The van der Waals surface area contributed by atoms with E-state index >= 15 is 0 Å². The SMILES string of the molecule is CCCNC(=O)C(C)NC1CSCc2ccccc21. The Morgan fingerprint density at radius 2 is 2.26 bits per heavy atom. The predicted octanol–water partition coefficient (Wildman–Crippen LogP) is 2.48. The highest BCUT2D eigenvalue weighted by Crippen LogP contribution is 2.31. The minimum absolute atomic E-state index is 0.0925. The topological polar surface area (TPSA) is 41.1 Å². The molecule has 19 heavy (non-hydrogen) atoms. The molecule has 4 heteroatoms. The van der Waals surface area contributed by atoms with E-state index in [0.29, 0.717) is 0 Å². The summed E-state index contributed by atoms with van der Waals surface area (Å²) in [6, 6.07) is 8.63. The summed E-state index contributed by atoms with van der Waals surface area (Å²) in [6.45, 7) is 4.75. The number of benzene rings is 1. The molecule has 0 bridgehead atoms. The average molecular weight is 278 g/mol. The van der Waals surface area contributed by atoms with Crippen LogP contribution < -0.4 is 10.6 Å². The third-order valence-electron chi connectivity index (χ3n) is 3.37. The lowest BCUT2D eigenvalue weighted by Gasteiger charge is -2.28. The summed E-state index contributed by atoms with van der Waals surface area (Å²) in [5, 5.41) is 6.39. The molecule has 0 aromatic heterocycles. The molecule has 2 atom stereocenters. The summed E-state index contributed by atoms with van der Waals surface area (Å²) in [5.74, 6) is 2.20. The van der Waals surface area contributed by atoms with Crippen molar-refractivity contribution in [2.75, 3.05) is 12.3 Å². The molecule has 2 N–H and O–H groups in total. The molecule has 1 aromatic rings. The summed E-state index contributed by atoms with van der Waals surface area (Å²) in [6.07, 6.45) is 0.973. The maximum Gasteiger partial charge on any atom is 0.236 e. The fraction of sp³-hybridized carbons (Fsp3) is 0.533. The van der Waals surface area contributed by atoms with Crippen LogP contribution in [0.1, 0.15) is 37.4 Å². The fourth-order valence-corrected chi connectivity index (χ4v) is 3.41. The van der Waals surface area contributed by atoms with E-state index in [4.69, 9.17) is 0 Å². The van der Waals surface area contributed by atoms with Crippen molar-refractivity contribution < 1.29 is 4.79 Å². The normalized spacial score (nSPS) is 19.6. The van der Waals surface area contributed by atoms with Crippen LogP contribution in [0.15, 0.2) is 24.3 Å². The Bertz CT molecular complexity index is 436. The van der Waals surface area contributed by atoms with Gasteiger partial charge in [0.25, 0.3) is 0 Å². The molecule has 1 amide bonds. The van der Waals surface area contributed by atoms with Gasteiger partial charge in [-0.15, -0.1) is 0 Å². The standard InChI is InChI=1S/C15H22N2OS/c1-3-8-16-15(18)11(2)17-14-10-19-9-12-6-4-5-7-13(12)14/h4-7,11,14,17H,3,8-10H2,1-2H3,(H,16,18). The van der Waals surface area contributed by atoms with E-state index in [0.717, 1.165) is 24.5 Å². The van der Waals surface area contributed by atoms with Gasteiger partial charge in [-0.3, -0.25) is 10.1 Å². The molecular formula is C15H22N2OS. The lowest BCUT2D eigenvalue weighted by molar-refractivity contribution is -0.122. The van der Waals surface area contributed by atoms with Gasteiger partial charge in [-0.2, -0.15) is 11.8 Å². The number of hydrogen-bond acceptors (Lipinski definition) is 3. The molecule has 1 aliphatic heterocycles. The van der Waals surface area contributed by atoms with Gasteiger partial charge in [0, 0.05) is 24.1 Å². The molecule has 0 fully saturated rings. The molecule has 1 aromatic carbocycles. The summed E-state index contributed by atoms with van der Waals surface area (Å²) in [7, 11) is 0. The molecular weight excluding hydrogens is 256 g/mol. The highest BCUT2D eigenvalue weighted by Gasteiger charge is 2.23. The van der Waals surface area contributed by atoms with E-state index in [1.807, 2.05) is 18.7 Å². The van der Waals surface area contributed by atoms with Gasteiger partial charge in [0.1, 0.15) is 0 Å². The largest absolute Gasteiger partial charge is 0.355 e. The molecule has 0 aliphatic carbocycles. The maximum atomic E-state index is 11.9. The third-order valence-corrected chi connectivity index (χ3v) is 4.45. The minimum atomic E-state index is -0.150. The van der Waals surface area contributed by atoms with Crippen LogP contribution in [-0.4, -0.2) is 24.2 Å². The average Bonchev–Trinajstić information content (AvgIpc) is 2.45. The van der Waals surface area contributed by atoms with Crippen molar-refractivity contribution in [1.82, 2.24) is 10.6 Å². The molecule has 0 radical (unpaired) electrons. The van der Waals surface area contributed by atoms with Crippen molar-refractivity contribution in [3.8, 4) is 0 Å². The van der Waals surface area contributed by atoms with Gasteiger partial charge >= 0.3 is 0 Å². The van der Waals surface area contributed by atoms with Crippen LogP contribution in [0.2, 0.25) is 0 Å². The first-order chi connectivity index (χ1) is 9.22. The van der Waals surface area contributed by atoms with Gasteiger partial charge in [-0.25, -0.2) is 0 Å². The number of thioether (sulfide) groups is 1. The Morgan fingerprint density at radius 1 is 1.47 bits per heavy atom. The highest BCUT2D eigenvalue weighted by atomic mass is 32.2. The molecule has 1 heterocycles. The smallest absolute Gasteiger partial charge is 0.236 e. The zero-order chi connectivity index (χ0) is 13.7. The van der Waals surface area contributed by atoms with Crippen LogP contribution in [0.25, 0.3) is 0 Å². The van der Waals surface area contributed by atoms with Crippen LogP contribution in [0.3, 0.4) is 0 Å². The van der Waals surface area contributed by atoms with Gasteiger partial charge < -0.3 is 5.32 Å². The Kier molecular flexibility index (Phi) is 5.28. The fourth-order valence-electron chi connectivity index (χ4n) is 2.30. The number of carbonyl (C=O) groups excluding carboxylic acids is 1. The Balaban J connectivity index is 1.98. The van der Waals surface area contributed by atoms with Crippen LogP contribution in [0.4, 0.5) is 0 Å². The quantitative estimate of drug-likeness (QED) is 0.869. The van der Waals surface area contributed by atoms with Crippen LogP contribution in [0.5, 0.6) is 0 Å². The lowest BCUT2D eigenvalue weighted by Crippen LogP contribution is -2.45. The Labute approximate surface area is 119 Å². The third kappa shape index (κ3) is 3.74. The first-order valence-electron chi connectivity index (χ1n) is 6.91. The Morgan fingerprint density at radius 3 is 3.05 bits per heavy atom. The van der Waals surface area contributed by atoms with Crippen molar-refractivity contribution in [3.63, 3.8) is 0 Å². The summed E-state index contributed by atoms with van der Waals surface area (Å²) >= 11 is 1.92. The van der Waals surface area contributed by atoms with E-state index in [-0.39, 0.29) is 18.0 Å². The zero-order valence-electron chi connectivity index (χ0n) is 11.6. The molecule has 2 unspecified atom stereocenters. The number of amides is 1. The second-order valence-electron chi connectivity index (χ2n) is 4.95. The van der Waals surface area contributed by atoms with Crippen molar-refractivity contribution in [2.24, 2.45) is 0 Å². The molecule has 104 valence electrons. The van der Waals surface area contributed by atoms with E-state index in [9.17, 15) is 4.79 Å². The molecule has 2 rings (SSSR count). The van der Waals surface area contributed by atoms with Crippen LogP contribution in [0, 0.1) is 0 Å². The molecule has 0 spiro atoms. The van der Waals surface area contributed by atoms with Gasteiger partial charge in [-0.05, 0) is 24.5 Å². The lowest BCUT2D eigenvalue weighted by atomic mass is 10.0. The zero-order valence-corrected chi connectivity index (χ0v) is 12.4.